The fraction of sp³-hybridized carbons (Fsp3) is 0.133. The topological polar surface area (TPSA) is 34.1 Å². The smallest absolute Gasteiger partial charge is 0.175 e. The maximum absolute atomic E-state index is 12.1. The van der Waals surface area contributed by atoms with Crippen LogP contribution in [-0.4, -0.2) is 15.7 Å². The van der Waals surface area contributed by atoms with Gasteiger partial charge in [0.05, 0.1) is 16.6 Å². The molecular weight excluding hydrogens is 280 g/mol. The third-order valence-corrected chi connectivity index (χ3v) is 4.29. The molecule has 0 heterocycles. The monoisotopic (exact) mass is 292 g/mol. The Morgan fingerprint density at radius 1 is 1.05 bits per heavy atom. The quantitative estimate of drug-likeness (QED) is 0.806. The number of hydrogen-bond acceptors (Lipinski definition) is 2. The van der Waals surface area contributed by atoms with Crippen molar-refractivity contribution in [2.24, 2.45) is 0 Å². The second-order valence-corrected chi connectivity index (χ2v) is 6.12. The van der Waals surface area contributed by atoms with Gasteiger partial charge in [0.15, 0.2) is 5.78 Å². The van der Waals surface area contributed by atoms with E-state index in [0.717, 1.165) is 5.56 Å². The lowest BCUT2D eigenvalue weighted by molar-refractivity contribution is 0.102. The van der Waals surface area contributed by atoms with Crippen molar-refractivity contribution in [3.8, 4) is 0 Å². The molecule has 1 atom stereocenters. The zero-order valence-corrected chi connectivity index (χ0v) is 12.0. The van der Waals surface area contributed by atoms with Crippen molar-refractivity contribution in [2.75, 3.05) is 5.75 Å². The highest BCUT2D eigenvalue weighted by Gasteiger charge is 2.12. The van der Waals surface area contributed by atoms with Crippen LogP contribution in [0.4, 0.5) is 0 Å². The molecule has 0 bridgehead atoms. The normalized spacial score (nSPS) is 12.1. The van der Waals surface area contributed by atoms with Gasteiger partial charge in [0.1, 0.15) is 0 Å². The van der Waals surface area contributed by atoms with E-state index in [1.807, 2.05) is 19.1 Å². The summed E-state index contributed by atoms with van der Waals surface area (Å²) in [6.45, 7) is 1.96. The van der Waals surface area contributed by atoms with Crippen LogP contribution in [0, 0.1) is 6.92 Å². The number of Topliss-reactive ketones (excluding diaryl/α,β-unsaturated/α-hetero) is 1. The summed E-state index contributed by atoms with van der Waals surface area (Å²) in [5.41, 5.74) is 1.68. The van der Waals surface area contributed by atoms with Gasteiger partial charge >= 0.3 is 0 Å². The minimum absolute atomic E-state index is 0.00923. The van der Waals surface area contributed by atoms with Crippen molar-refractivity contribution < 1.29 is 9.00 Å². The maximum atomic E-state index is 12.1. The minimum Gasteiger partial charge on any atom is -0.293 e. The van der Waals surface area contributed by atoms with Crippen LogP contribution in [-0.2, 0) is 10.8 Å². The van der Waals surface area contributed by atoms with E-state index in [1.54, 1.807) is 36.4 Å². The number of ketones is 1. The molecule has 0 saturated carbocycles. The highest BCUT2D eigenvalue weighted by atomic mass is 35.5. The van der Waals surface area contributed by atoms with Crippen LogP contribution < -0.4 is 0 Å². The lowest BCUT2D eigenvalue weighted by atomic mass is 10.1. The average molecular weight is 293 g/mol. The Hall–Kier alpha value is -1.45. The van der Waals surface area contributed by atoms with Gasteiger partial charge in [-0.3, -0.25) is 9.00 Å². The van der Waals surface area contributed by atoms with E-state index in [2.05, 4.69) is 0 Å². The summed E-state index contributed by atoms with van der Waals surface area (Å²) in [6.07, 6.45) is 0. The number of aryl methyl sites for hydroxylation is 1. The summed E-state index contributed by atoms with van der Waals surface area (Å²) in [6, 6.07) is 14.0. The van der Waals surface area contributed by atoms with Crippen molar-refractivity contribution in [2.45, 2.75) is 11.8 Å². The fourth-order valence-electron chi connectivity index (χ4n) is 1.61. The van der Waals surface area contributed by atoms with Crippen LogP contribution in [0.2, 0.25) is 5.02 Å². The van der Waals surface area contributed by atoms with Gasteiger partial charge in [0, 0.05) is 15.5 Å². The third-order valence-electron chi connectivity index (χ3n) is 2.71. The standard InChI is InChI=1S/C15H13ClO2S/c1-11-2-4-12(5-3-11)15(17)10-19(18)14-8-6-13(16)7-9-14/h2-9H,10H2,1H3. The van der Waals surface area contributed by atoms with Crippen LogP contribution >= 0.6 is 11.6 Å². The van der Waals surface area contributed by atoms with Gasteiger partial charge in [-0.15, -0.1) is 0 Å². The molecular formula is C15H13ClO2S. The first-order valence-corrected chi connectivity index (χ1v) is 7.50. The van der Waals surface area contributed by atoms with Crippen LogP contribution in [0.15, 0.2) is 53.4 Å². The number of carbonyl (C=O) groups is 1. The number of benzene rings is 2. The van der Waals surface area contributed by atoms with E-state index in [9.17, 15) is 9.00 Å². The number of hydrogen-bond donors (Lipinski definition) is 0. The third kappa shape index (κ3) is 3.75. The number of carbonyl (C=O) groups excluding carboxylic acids is 1. The van der Waals surface area contributed by atoms with Crippen molar-refractivity contribution >= 4 is 28.2 Å². The van der Waals surface area contributed by atoms with Gasteiger partial charge in [-0.25, -0.2) is 0 Å². The van der Waals surface area contributed by atoms with Crippen molar-refractivity contribution in [1.29, 1.82) is 0 Å². The van der Waals surface area contributed by atoms with Gasteiger partial charge in [0.25, 0.3) is 0 Å². The predicted octanol–water partition coefficient (Wildman–Crippen LogP) is 3.64. The minimum atomic E-state index is -1.34. The van der Waals surface area contributed by atoms with Crippen LogP contribution in [0.5, 0.6) is 0 Å². The molecule has 0 aromatic heterocycles. The molecule has 0 spiro atoms. The van der Waals surface area contributed by atoms with E-state index in [-0.39, 0.29) is 11.5 Å². The fourth-order valence-corrected chi connectivity index (χ4v) is 2.75. The Labute approximate surface area is 119 Å². The molecule has 4 heteroatoms. The largest absolute Gasteiger partial charge is 0.293 e. The van der Waals surface area contributed by atoms with E-state index in [1.165, 1.54) is 0 Å². The molecule has 0 aliphatic heterocycles. The molecule has 0 N–H and O–H groups in total. The second kappa shape index (κ2) is 6.13. The Morgan fingerprint density at radius 3 is 2.21 bits per heavy atom. The van der Waals surface area contributed by atoms with Crippen molar-refractivity contribution in [3.05, 3.63) is 64.7 Å². The van der Waals surface area contributed by atoms with Crippen molar-refractivity contribution in [1.82, 2.24) is 0 Å². The molecule has 2 aromatic rings. The zero-order valence-electron chi connectivity index (χ0n) is 10.4. The Bertz CT molecular complexity index is 548. The van der Waals surface area contributed by atoms with Crippen LogP contribution in [0.1, 0.15) is 15.9 Å². The Kier molecular flexibility index (Phi) is 4.51. The molecule has 0 saturated heterocycles. The van der Waals surface area contributed by atoms with E-state index in [4.69, 9.17) is 11.6 Å². The summed E-state index contributed by atoms with van der Waals surface area (Å²) in [7, 11) is -1.34. The maximum Gasteiger partial charge on any atom is 0.175 e. The molecule has 1 unspecified atom stereocenters. The molecule has 19 heavy (non-hydrogen) atoms. The molecule has 0 amide bonds. The summed E-state index contributed by atoms with van der Waals surface area (Å²) in [4.78, 5) is 12.6. The molecule has 0 aliphatic rings. The van der Waals surface area contributed by atoms with Crippen LogP contribution in [0.25, 0.3) is 0 Å². The lowest BCUT2D eigenvalue weighted by Crippen LogP contribution is -2.11. The zero-order chi connectivity index (χ0) is 13.8. The first-order chi connectivity index (χ1) is 9.06. The molecule has 98 valence electrons. The Balaban J connectivity index is 2.08. The van der Waals surface area contributed by atoms with E-state index < -0.39 is 10.8 Å². The Morgan fingerprint density at radius 2 is 1.63 bits per heavy atom. The SMILES string of the molecule is Cc1ccc(C(=O)CS(=O)c2ccc(Cl)cc2)cc1. The van der Waals surface area contributed by atoms with E-state index >= 15 is 0 Å². The van der Waals surface area contributed by atoms with Crippen LogP contribution in [0.3, 0.4) is 0 Å². The average Bonchev–Trinajstić information content (AvgIpc) is 2.40. The molecule has 0 radical (unpaired) electrons. The molecule has 2 rings (SSSR count). The summed E-state index contributed by atoms with van der Waals surface area (Å²) in [5, 5.41) is 0.589. The second-order valence-electron chi connectivity index (χ2n) is 4.23. The summed E-state index contributed by atoms with van der Waals surface area (Å²) >= 11 is 5.77. The van der Waals surface area contributed by atoms with E-state index in [0.29, 0.717) is 15.5 Å². The van der Waals surface area contributed by atoms with Gasteiger partial charge in [-0.05, 0) is 31.2 Å². The number of halogens is 1. The molecule has 2 aromatic carbocycles. The number of rotatable bonds is 4. The highest BCUT2D eigenvalue weighted by molar-refractivity contribution is 7.85. The predicted molar refractivity (Wildman–Crippen MR) is 78.2 cm³/mol. The van der Waals surface area contributed by atoms with Crippen molar-refractivity contribution in [3.63, 3.8) is 0 Å². The van der Waals surface area contributed by atoms with Gasteiger partial charge < -0.3 is 0 Å². The van der Waals surface area contributed by atoms with Gasteiger partial charge in [-0.1, -0.05) is 41.4 Å². The molecule has 2 nitrogen and oxygen atoms in total. The lowest BCUT2D eigenvalue weighted by Gasteiger charge is -2.03. The van der Waals surface area contributed by atoms with Gasteiger partial charge in [-0.2, -0.15) is 0 Å². The molecule has 0 aliphatic carbocycles. The summed E-state index contributed by atoms with van der Waals surface area (Å²) < 4.78 is 12.1. The summed E-state index contributed by atoms with van der Waals surface area (Å²) in [5.74, 6) is -0.127. The first kappa shape index (κ1) is 14.0. The first-order valence-electron chi connectivity index (χ1n) is 5.80. The highest BCUT2D eigenvalue weighted by Crippen LogP contribution is 2.14. The van der Waals surface area contributed by atoms with Gasteiger partial charge in [0.2, 0.25) is 0 Å². The molecule has 0 fully saturated rings.